The Balaban J connectivity index is 0. The van der Waals surface area contributed by atoms with Crippen molar-refractivity contribution >= 4 is 23.6 Å². The van der Waals surface area contributed by atoms with Gasteiger partial charge in [-0.3, -0.25) is 4.79 Å². The molecule has 0 bridgehead atoms. The van der Waals surface area contributed by atoms with E-state index in [0.717, 1.165) is 19.3 Å². The van der Waals surface area contributed by atoms with Gasteiger partial charge in [0.1, 0.15) is 0 Å². The van der Waals surface area contributed by atoms with E-state index in [1.54, 1.807) is 11.8 Å². The molecule has 6 heteroatoms. The standard InChI is InChI=1S/C13H25NO3S.Na/c1-3-4-5-6-7-8-12(15)14-11(13(16)17)9-10-18-2;/h11H,3-10H2,1-2H3,(H,14,15)(H,16,17);/q;+1/p-1/t11-;/m0./s1. The number of hydrogen-bond acceptors (Lipinski definition) is 4. The van der Waals surface area contributed by atoms with Gasteiger partial charge in [-0.05, 0) is 24.9 Å². The smallest absolute Gasteiger partial charge is 0.548 e. The third-order valence-corrected chi connectivity index (χ3v) is 3.38. The van der Waals surface area contributed by atoms with Crippen LogP contribution in [0.5, 0.6) is 0 Å². The fraction of sp³-hybridized carbons (Fsp3) is 0.846. The minimum atomic E-state index is -1.19. The summed E-state index contributed by atoms with van der Waals surface area (Å²) >= 11 is 1.56. The van der Waals surface area contributed by atoms with E-state index in [1.165, 1.54) is 12.8 Å². The molecular weight excluding hydrogens is 273 g/mol. The SMILES string of the molecule is CCCCCCCC(=O)N[C@@H](CCSC)C(=O)[O-].[Na+]. The summed E-state index contributed by atoms with van der Waals surface area (Å²) in [4.78, 5) is 22.4. The Morgan fingerprint density at radius 2 is 1.84 bits per heavy atom. The third-order valence-electron chi connectivity index (χ3n) is 2.74. The summed E-state index contributed by atoms with van der Waals surface area (Å²) in [5, 5.41) is 13.3. The number of carbonyl (C=O) groups is 2. The first-order valence-electron chi connectivity index (χ1n) is 6.61. The minimum Gasteiger partial charge on any atom is -0.548 e. The van der Waals surface area contributed by atoms with E-state index < -0.39 is 12.0 Å². The van der Waals surface area contributed by atoms with Crippen molar-refractivity contribution in [2.45, 2.75) is 57.9 Å². The van der Waals surface area contributed by atoms with Gasteiger partial charge in [0.05, 0.1) is 12.0 Å². The first kappa shape index (κ1) is 21.6. The van der Waals surface area contributed by atoms with Crippen LogP contribution in [0.2, 0.25) is 0 Å². The number of thioether (sulfide) groups is 1. The Bertz CT molecular complexity index is 252. The molecule has 0 spiro atoms. The van der Waals surface area contributed by atoms with Crippen molar-refractivity contribution in [2.24, 2.45) is 0 Å². The second-order valence-corrected chi connectivity index (χ2v) is 5.37. The summed E-state index contributed by atoms with van der Waals surface area (Å²) < 4.78 is 0. The van der Waals surface area contributed by atoms with Gasteiger partial charge in [0.25, 0.3) is 0 Å². The van der Waals surface area contributed by atoms with Gasteiger partial charge < -0.3 is 15.2 Å². The second kappa shape index (κ2) is 14.7. The van der Waals surface area contributed by atoms with Crippen LogP contribution in [0, 0.1) is 0 Å². The van der Waals surface area contributed by atoms with Crippen LogP contribution in [0.3, 0.4) is 0 Å². The molecule has 0 aliphatic heterocycles. The van der Waals surface area contributed by atoms with Crippen molar-refractivity contribution in [2.75, 3.05) is 12.0 Å². The fourth-order valence-electron chi connectivity index (χ4n) is 1.64. The molecule has 0 aliphatic rings. The van der Waals surface area contributed by atoms with Gasteiger partial charge in [-0.1, -0.05) is 32.6 Å². The van der Waals surface area contributed by atoms with Gasteiger partial charge in [0.15, 0.2) is 0 Å². The van der Waals surface area contributed by atoms with E-state index in [-0.39, 0.29) is 35.5 Å². The Hall–Kier alpha value is 0.290. The van der Waals surface area contributed by atoms with Crippen molar-refractivity contribution in [1.29, 1.82) is 0 Å². The van der Waals surface area contributed by atoms with E-state index in [1.807, 2.05) is 6.26 Å². The van der Waals surface area contributed by atoms with Crippen LogP contribution in [-0.2, 0) is 9.59 Å². The molecule has 1 atom stereocenters. The Kier molecular flexibility index (Phi) is 16.7. The molecule has 0 radical (unpaired) electrons. The van der Waals surface area contributed by atoms with E-state index in [9.17, 15) is 14.7 Å². The van der Waals surface area contributed by atoms with Crippen molar-refractivity contribution in [3.63, 3.8) is 0 Å². The first-order chi connectivity index (χ1) is 8.61. The quantitative estimate of drug-likeness (QED) is 0.366. The van der Waals surface area contributed by atoms with Crippen LogP contribution < -0.4 is 40.0 Å². The van der Waals surface area contributed by atoms with Gasteiger partial charge >= 0.3 is 29.6 Å². The zero-order chi connectivity index (χ0) is 13.8. The molecule has 1 N–H and O–H groups in total. The summed E-state index contributed by atoms with van der Waals surface area (Å²) in [6.45, 7) is 2.14. The van der Waals surface area contributed by atoms with Gasteiger partial charge in [0.2, 0.25) is 5.91 Å². The molecule has 0 saturated heterocycles. The molecule has 0 aromatic carbocycles. The zero-order valence-corrected chi connectivity index (χ0v) is 15.2. The van der Waals surface area contributed by atoms with Crippen molar-refractivity contribution in [3.8, 4) is 0 Å². The molecule has 0 aromatic heterocycles. The van der Waals surface area contributed by atoms with Crippen molar-refractivity contribution < 1.29 is 44.3 Å². The maximum Gasteiger partial charge on any atom is 1.00 e. The van der Waals surface area contributed by atoms with Crippen LogP contribution in [0.25, 0.3) is 0 Å². The number of nitrogens with one attached hydrogen (secondary N) is 1. The molecule has 0 aliphatic carbocycles. The monoisotopic (exact) mass is 297 g/mol. The molecule has 0 rings (SSSR count). The van der Waals surface area contributed by atoms with Crippen molar-refractivity contribution in [3.05, 3.63) is 0 Å². The topological polar surface area (TPSA) is 69.2 Å². The van der Waals surface area contributed by atoms with E-state index in [4.69, 9.17) is 0 Å². The molecule has 106 valence electrons. The molecule has 0 unspecified atom stereocenters. The summed E-state index contributed by atoms with van der Waals surface area (Å²) in [7, 11) is 0. The Morgan fingerprint density at radius 1 is 1.21 bits per heavy atom. The average Bonchev–Trinajstić information content (AvgIpc) is 2.33. The maximum absolute atomic E-state index is 11.5. The average molecular weight is 297 g/mol. The number of aliphatic carboxylic acids is 1. The molecule has 0 heterocycles. The summed E-state index contributed by atoms with van der Waals surface area (Å²) in [6, 6.07) is -0.847. The number of hydrogen-bond donors (Lipinski definition) is 1. The number of carbonyl (C=O) groups excluding carboxylic acids is 2. The number of rotatable bonds is 11. The molecule has 0 aromatic rings. The maximum atomic E-state index is 11.5. The number of carboxylic acids is 1. The van der Waals surface area contributed by atoms with E-state index >= 15 is 0 Å². The van der Waals surface area contributed by atoms with Gasteiger partial charge in [0, 0.05) is 6.42 Å². The van der Waals surface area contributed by atoms with Gasteiger partial charge in [-0.15, -0.1) is 0 Å². The summed E-state index contributed by atoms with van der Waals surface area (Å²) in [6.07, 6.45) is 8.10. The molecule has 4 nitrogen and oxygen atoms in total. The molecule has 0 fully saturated rings. The number of unbranched alkanes of at least 4 members (excludes halogenated alkanes) is 4. The predicted molar refractivity (Wildman–Crippen MR) is 73.3 cm³/mol. The number of amides is 1. The Labute approximate surface area is 142 Å². The summed E-state index contributed by atoms with van der Waals surface area (Å²) in [5.41, 5.74) is 0. The van der Waals surface area contributed by atoms with Crippen LogP contribution in [0.4, 0.5) is 0 Å². The summed E-state index contributed by atoms with van der Waals surface area (Å²) in [5.74, 6) is -0.666. The van der Waals surface area contributed by atoms with E-state index in [0.29, 0.717) is 18.6 Å². The van der Waals surface area contributed by atoms with Crippen LogP contribution in [-0.4, -0.2) is 29.9 Å². The van der Waals surface area contributed by atoms with E-state index in [2.05, 4.69) is 12.2 Å². The van der Waals surface area contributed by atoms with Crippen molar-refractivity contribution in [1.82, 2.24) is 5.32 Å². The predicted octanol–water partition coefficient (Wildman–Crippen LogP) is -1.66. The first-order valence-corrected chi connectivity index (χ1v) is 8.00. The molecule has 1 amide bonds. The van der Waals surface area contributed by atoms with Crippen LogP contribution in [0.15, 0.2) is 0 Å². The molecule has 19 heavy (non-hydrogen) atoms. The van der Waals surface area contributed by atoms with Gasteiger partial charge in [-0.2, -0.15) is 11.8 Å². The normalized spacial score (nSPS) is 11.5. The van der Waals surface area contributed by atoms with Crippen LogP contribution >= 0.6 is 11.8 Å². The second-order valence-electron chi connectivity index (χ2n) is 4.38. The number of carboxylic acid groups (broad SMARTS) is 1. The molecular formula is C13H24NNaO3S. The minimum absolute atomic E-state index is 0. The fourth-order valence-corrected chi connectivity index (χ4v) is 2.11. The third kappa shape index (κ3) is 13.0. The largest absolute Gasteiger partial charge is 1.00 e. The Morgan fingerprint density at radius 3 is 2.37 bits per heavy atom. The van der Waals surface area contributed by atoms with Crippen LogP contribution in [0.1, 0.15) is 51.9 Å². The molecule has 0 saturated carbocycles. The zero-order valence-electron chi connectivity index (χ0n) is 12.4. The van der Waals surface area contributed by atoms with Gasteiger partial charge in [-0.25, -0.2) is 0 Å².